The Labute approximate surface area is 347 Å². The van der Waals surface area contributed by atoms with Gasteiger partial charge in [0.05, 0.1) is 40.0 Å². The number of halogens is 3. The van der Waals surface area contributed by atoms with E-state index >= 15 is 0 Å². The fraction of sp³-hybridized carbons (Fsp3) is 0.556. The molecule has 3 aliphatic rings. The molecular formula is C45H62F3N9S. The molecule has 3 aromatic heterocycles. The number of pyridine rings is 1. The molecule has 1 saturated carbocycles. The third-order valence-electron chi connectivity index (χ3n) is 11.6. The topological polar surface area (TPSA) is 104 Å². The van der Waals surface area contributed by atoms with Gasteiger partial charge in [-0.15, -0.1) is 23.7 Å². The molecule has 0 amide bonds. The van der Waals surface area contributed by atoms with Crippen LogP contribution in [0.1, 0.15) is 95.5 Å². The molecule has 2 atom stereocenters. The van der Waals surface area contributed by atoms with Gasteiger partial charge in [0.15, 0.2) is 0 Å². The Bertz CT molecular complexity index is 2060. The number of nitrogens with zero attached hydrogens (tertiary/aromatic N) is 6. The van der Waals surface area contributed by atoms with Crippen molar-refractivity contribution in [3.8, 4) is 34.9 Å². The predicted molar refractivity (Wildman–Crippen MR) is 233 cm³/mol. The first-order valence-electron chi connectivity index (χ1n) is 21.0. The van der Waals surface area contributed by atoms with Gasteiger partial charge in [0.2, 0.25) is 0 Å². The average Bonchev–Trinajstić information content (AvgIpc) is 3.90. The van der Waals surface area contributed by atoms with Gasteiger partial charge < -0.3 is 25.9 Å². The maximum Gasteiger partial charge on any atom is 0.406 e. The zero-order valence-electron chi connectivity index (χ0n) is 35.0. The minimum absolute atomic E-state index is 0.302. The van der Waals surface area contributed by atoms with Crippen LogP contribution in [0.3, 0.4) is 0 Å². The summed E-state index contributed by atoms with van der Waals surface area (Å²) in [6.07, 6.45) is 10.1. The Balaban J connectivity index is 0.00000279. The average molecular weight is 818 g/mol. The second-order valence-electron chi connectivity index (χ2n) is 16.7. The van der Waals surface area contributed by atoms with Crippen molar-refractivity contribution in [2.24, 2.45) is 16.9 Å². The van der Waals surface area contributed by atoms with E-state index in [1.165, 1.54) is 28.7 Å². The van der Waals surface area contributed by atoms with Crippen LogP contribution in [0.25, 0.3) is 33.4 Å². The summed E-state index contributed by atoms with van der Waals surface area (Å²) >= 11 is 1.53. The van der Waals surface area contributed by atoms with Crippen molar-refractivity contribution in [2.45, 2.75) is 117 Å². The van der Waals surface area contributed by atoms with E-state index in [1.807, 2.05) is 61.6 Å². The van der Waals surface area contributed by atoms with Crippen molar-refractivity contribution in [3.05, 3.63) is 64.4 Å². The molecule has 58 heavy (non-hydrogen) atoms. The molecular weight excluding hydrogens is 756 g/mol. The van der Waals surface area contributed by atoms with Crippen LogP contribution < -0.4 is 21.8 Å². The molecule has 7 rings (SSSR count). The molecule has 0 radical (unpaired) electrons. The SMILES string of the molecule is C#CCCC(C)(C)Cc1c(-c2cc(N3CCN(C4CC4)CC3)cnc2C(C)N)n(CC(F)(F)F)c2ccc(-c3csc(CC(N)C(=C)N4CCCCN4)n3)cc12.CC. The smallest absolute Gasteiger partial charge is 0.368 e. The molecule has 5 heterocycles. The highest BCUT2D eigenvalue weighted by Gasteiger charge is 2.35. The third kappa shape index (κ3) is 10.3. The van der Waals surface area contributed by atoms with E-state index in [-0.39, 0.29) is 11.5 Å². The fourth-order valence-electron chi connectivity index (χ4n) is 8.34. The van der Waals surface area contributed by atoms with Crippen LogP contribution in [0.15, 0.2) is 48.1 Å². The van der Waals surface area contributed by atoms with E-state index in [0.717, 1.165) is 90.7 Å². The fourth-order valence-corrected chi connectivity index (χ4v) is 9.21. The zero-order valence-corrected chi connectivity index (χ0v) is 35.8. The molecule has 1 aromatic carbocycles. The summed E-state index contributed by atoms with van der Waals surface area (Å²) in [7, 11) is 0. The molecule has 2 saturated heterocycles. The van der Waals surface area contributed by atoms with Crippen molar-refractivity contribution in [3.63, 3.8) is 0 Å². The van der Waals surface area contributed by atoms with Crippen molar-refractivity contribution >= 4 is 27.9 Å². The zero-order chi connectivity index (χ0) is 41.8. The number of terminal acetylenes is 1. The summed E-state index contributed by atoms with van der Waals surface area (Å²) in [5.41, 5.74) is 22.6. The number of hydrazine groups is 1. The van der Waals surface area contributed by atoms with Gasteiger partial charge in [0.1, 0.15) is 6.54 Å². The molecule has 13 heteroatoms. The standard InChI is InChI=1S/C43H56F3N9S.C2H6/c1-6-7-14-42(4,5)24-35-33-21-30(37-26-56-39(51-37)23-36(48)29(3)55-16-9-8-15-50-55)10-13-38(33)54(27-43(44,45)46)41(35)34-22-32(25-49-40(34)28(2)47)53-19-17-52(18-20-53)31-11-12-31;1-2/h1,10,13,21-22,25-26,28,31,36,50H,3,7-9,11-12,14-20,23-24,27,47-48H2,2,4-5H3;1-2H3. The lowest BCUT2D eigenvalue weighted by atomic mass is 9.80. The molecule has 1 aliphatic carbocycles. The minimum Gasteiger partial charge on any atom is -0.368 e. The van der Waals surface area contributed by atoms with Gasteiger partial charge in [0.25, 0.3) is 0 Å². The maximum absolute atomic E-state index is 14.7. The van der Waals surface area contributed by atoms with Gasteiger partial charge in [0, 0.05) is 97.3 Å². The number of nitrogens with two attached hydrogens (primary N) is 2. The Morgan fingerprint density at radius 2 is 1.83 bits per heavy atom. The molecule has 9 nitrogen and oxygen atoms in total. The molecule has 0 bridgehead atoms. The number of aromatic nitrogens is 3. The number of anilines is 1. The molecule has 2 aliphatic heterocycles. The van der Waals surface area contributed by atoms with E-state index in [2.05, 4.69) is 41.6 Å². The molecule has 314 valence electrons. The molecule has 3 fully saturated rings. The Hall–Kier alpha value is -3.93. The summed E-state index contributed by atoms with van der Waals surface area (Å²) in [5, 5.41) is 5.67. The van der Waals surface area contributed by atoms with Gasteiger partial charge in [-0.05, 0) is 74.6 Å². The van der Waals surface area contributed by atoms with Crippen LogP contribution in [-0.2, 0) is 19.4 Å². The van der Waals surface area contributed by atoms with Crippen molar-refractivity contribution in [1.29, 1.82) is 0 Å². The van der Waals surface area contributed by atoms with Crippen LogP contribution in [-0.4, -0.2) is 82.0 Å². The van der Waals surface area contributed by atoms with E-state index in [4.69, 9.17) is 27.9 Å². The summed E-state index contributed by atoms with van der Waals surface area (Å²) in [4.78, 5) is 14.7. The quantitative estimate of drug-likeness (QED) is 0.109. The van der Waals surface area contributed by atoms with Crippen LogP contribution in [0.2, 0.25) is 0 Å². The van der Waals surface area contributed by atoms with Crippen LogP contribution >= 0.6 is 11.3 Å². The Kier molecular flexibility index (Phi) is 14.0. The molecule has 2 unspecified atom stereocenters. The molecule has 4 aromatic rings. The number of nitrogens with one attached hydrogen (secondary N) is 1. The van der Waals surface area contributed by atoms with Crippen molar-refractivity contribution < 1.29 is 13.2 Å². The highest BCUT2D eigenvalue weighted by Crippen LogP contribution is 2.44. The normalized spacial score (nSPS) is 17.8. The number of alkyl halides is 3. The second kappa shape index (κ2) is 18.6. The summed E-state index contributed by atoms with van der Waals surface area (Å²) in [6.45, 7) is 18.6. The van der Waals surface area contributed by atoms with Gasteiger partial charge in [-0.3, -0.25) is 9.88 Å². The predicted octanol–water partition coefficient (Wildman–Crippen LogP) is 8.69. The van der Waals surface area contributed by atoms with E-state index in [0.29, 0.717) is 54.2 Å². The molecule has 0 spiro atoms. The van der Waals surface area contributed by atoms with Gasteiger partial charge in [-0.25, -0.2) is 10.4 Å². The monoisotopic (exact) mass is 817 g/mol. The lowest BCUT2D eigenvalue weighted by Crippen LogP contribution is -2.47. The van der Waals surface area contributed by atoms with Gasteiger partial charge in [-0.1, -0.05) is 40.3 Å². The van der Waals surface area contributed by atoms with E-state index < -0.39 is 18.8 Å². The van der Waals surface area contributed by atoms with Crippen molar-refractivity contribution in [2.75, 3.05) is 44.2 Å². The van der Waals surface area contributed by atoms with Crippen molar-refractivity contribution in [1.82, 2.24) is 29.9 Å². The van der Waals surface area contributed by atoms with Crippen LogP contribution in [0, 0.1) is 17.8 Å². The largest absolute Gasteiger partial charge is 0.406 e. The Morgan fingerprint density at radius 3 is 2.47 bits per heavy atom. The number of rotatable bonds is 14. The summed E-state index contributed by atoms with van der Waals surface area (Å²) in [5.74, 6) is 2.77. The highest BCUT2D eigenvalue weighted by molar-refractivity contribution is 7.10. The molecule has 5 N–H and O–H groups in total. The number of hydrogen-bond donors (Lipinski definition) is 3. The number of fused-ring (bicyclic) bond motifs is 1. The lowest BCUT2D eigenvalue weighted by Gasteiger charge is -2.36. The van der Waals surface area contributed by atoms with Gasteiger partial charge in [-0.2, -0.15) is 13.2 Å². The first-order chi connectivity index (χ1) is 27.7. The minimum atomic E-state index is -4.48. The first-order valence-corrected chi connectivity index (χ1v) is 21.9. The van der Waals surface area contributed by atoms with Crippen LogP contribution in [0.4, 0.5) is 18.9 Å². The maximum atomic E-state index is 14.7. The van der Waals surface area contributed by atoms with Gasteiger partial charge >= 0.3 is 6.18 Å². The number of piperazine rings is 1. The second-order valence-corrected chi connectivity index (χ2v) is 17.6. The van der Waals surface area contributed by atoms with E-state index in [1.54, 1.807) is 0 Å². The highest BCUT2D eigenvalue weighted by atomic mass is 32.1. The van der Waals surface area contributed by atoms with Crippen LogP contribution in [0.5, 0.6) is 0 Å². The number of hydrogen-bond acceptors (Lipinski definition) is 9. The Morgan fingerprint density at radius 1 is 1.09 bits per heavy atom. The number of benzene rings is 1. The summed E-state index contributed by atoms with van der Waals surface area (Å²) < 4.78 is 45.6. The number of thiazole rings is 1. The summed E-state index contributed by atoms with van der Waals surface area (Å²) in [6, 6.07) is 7.60. The first kappa shape index (κ1) is 43.6. The third-order valence-corrected chi connectivity index (χ3v) is 12.4. The van der Waals surface area contributed by atoms with E-state index in [9.17, 15) is 13.2 Å². The lowest BCUT2D eigenvalue weighted by molar-refractivity contribution is -0.139.